The van der Waals surface area contributed by atoms with Crippen LogP contribution in [0.4, 0.5) is 0 Å². The molecule has 66 valence electrons. The minimum absolute atomic E-state index is 0.235. The highest BCUT2D eigenvalue weighted by molar-refractivity contribution is 7.75. The Kier molecular flexibility index (Phi) is 7.73. The van der Waals surface area contributed by atoms with E-state index in [0.717, 1.165) is 0 Å². The molecule has 4 heteroatoms. The minimum Gasteiger partial charge on any atom is -0.267 e. The summed E-state index contributed by atoms with van der Waals surface area (Å²) >= 11 is -1.71. The van der Waals surface area contributed by atoms with Gasteiger partial charge in [-0.1, -0.05) is 0 Å². The van der Waals surface area contributed by atoms with Gasteiger partial charge in [0.2, 0.25) is 0 Å². The molecular weight excluding hydrogens is 176 g/mol. The first-order valence-corrected chi connectivity index (χ1v) is 4.36. The molecule has 0 saturated heterocycles. The summed E-state index contributed by atoms with van der Waals surface area (Å²) in [6, 6.07) is 0. The molecule has 0 aromatic heterocycles. The van der Waals surface area contributed by atoms with Crippen LogP contribution >= 0.6 is 0 Å². The third kappa shape index (κ3) is 7.30. The lowest BCUT2D eigenvalue weighted by Crippen LogP contribution is -2.03. The van der Waals surface area contributed by atoms with Gasteiger partial charge >= 0.3 is 11.4 Å². The molecule has 0 atom stereocenters. The molecule has 0 spiro atoms. The van der Waals surface area contributed by atoms with E-state index in [2.05, 4.69) is 20.2 Å². The Balaban J connectivity index is 3.24. The van der Waals surface area contributed by atoms with E-state index in [4.69, 9.17) is 12.8 Å². The Labute approximate surface area is 75.3 Å². The molecule has 0 fully saturated rings. The van der Waals surface area contributed by atoms with Gasteiger partial charge in [0.15, 0.2) is 0 Å². The first-order valence-electron chi connectivity index (χ1n) is 3.36. The van der Waals surface area contributed by atoms with Crippen LogP contribution in [-0.4, -0.2) is 17.4 Å². The van der Waals surface area contributed by atoms with Crippen molar-refractivity contribution in [2.45, 2.75) is 12.8 Å². The van der Waals surface area contributed by atoms with Crippen molar-refractivity contribution in [3.63, 3.8) is 0 Å². The van der Waals surface area contributed by atoms with Gasteiger partial charge in [0.05, 0.1) is 13.2 Å². The van der Waals surface area contributed by atoms with Crippen molar-refractivity contribution in [3.05, 3.63) is 0 Å². The van der Waals surface area contributed by atoms with Crippen LogP contribution in [0.5, 0.6) is 0 Å². The standard InChI is InChI=1S/C8H10O3S/c1-3-5-7-10-12(9)11-8-6-4-2/h1-2H,5-8H2. The molecule has 0 aromatic carbocycles. The zero-order chi connectivity index (χ0) is 9.23. The Hall–Kier alpha value is -0.810. The second-order valence-corrected chi connectivity index (χ2v) is 2.64. The molecule has 0 bridgehead atoms. The monoisotopic (exact) mass is 186 g/mol. The lowest BCUT2D eigenvalue weighted by atomic mass is 10.5. The molecule has 0 aromatic rings. The summed E-state index contributed by atoms with van der Waals surface area (Å²) < 4.78 is 20.1. The lowest BCUT2D eigenvalue weighted by Gasteiger charge is -1.99. The van der Waals surface area contributed by atoms with E-state index in [1.807, 2.05) is 0 Å². The summed E-state index contributed by atoms with van der Waals surface area (Å²) in [6.45, 7) is 0.471. The molecule has 0 rings (SSSR count). The van der Waals surface area contributed by atoms with Gasteiger partial charge in [0, 0.05) is 12.8 Å². The topological polar surface area (TPSA) is 35.5 Å². The first-order chi connectivity index (χ1) is 5.81. The molecule has 0 radical (unpaired) electrons. The summed E-state index contributed by atoms with van der Waals surface area (Å²) in [5.41, 5.74) is 0. The number of hydrogen-bond donors (Lipinski definition) is 0. The highest BCUT2D eigenvalue weighted by Crippen LogP contribution is 1.91. The van der Waals surface area contributed by atoms with Gasteiger partial charge in [-0.25, -0.2) is 0 Å². The predicted octanol–water partition coefficient (Wildman–Crippen LogP) is 0.645. The van der Waals surface area contributed by atoms with Crippen LogP contribution in [-0.2, 0) is 19.7 Å². The molecule has 0 unspecified atom stereocenters. The van der Waals surface area contributed by atoms with Gasteiger partial charge < -0.3 is 0 Å². The van der Waals surface area contributed by atoms with Gasteiger partial charge in [-0.3, -0.25) is 8.37 Å². The van der Waals surface area contributed by atoms with E-state index >= 15 is 0 Å². The van der Waals surface area contributed by atoms with Crippen LogP contribution in [0.25, 0.3) is 0 Å². The SMILES string of the molecule is C#CCCOS(=O)OCCC#C. The van der Waals surface area contributed by atoms with Crippen molar-refractivity contribution in [2.75, 3.05) is 13.2 Å². The van der Waals surface area contributed by atoms with Crippen LogP contribution in [0.2, 0.25) is 0 Å². The fourth-order valence-corrected chi connectivity index (χ4v) is 0.878. The Morgan fingerprint density at radius 2 is 1.50 bits per heavy atom. The molecule has 3 nitrogen and oxygen atoms in total. The second-order valence-electron chi connectivity index (χ2n) is 1.76. The van der Waals surface area contributed by atoms with E-state index in [9.17, 15) is 4.21 Å². The van der Waals surface area contributed by atoms with E-state index in [0.29, 0.717) is 12.8 Å². The highest BCUT2D eigenvalue weighted by Gasteiger charge is 1.98. The van der Waals surface area contributed by atoms with Crippen molar-refractivity contribution >= 4 is 11.4 Å². The number of terminal acetylenes is 2. The fraction of sp³-hybridized carbons (Fsp3) is 0.500. The van der Waals surface area contributed by atoms with Crippen LogP contribution in [0.15, 0.2) is 0 Å². The smallest absolute Gasteiger partial charge is 0.267 e. The van der Waals surface area contributed by atoms with E-state index < -0.39 is 11.4 Å². The van der Waals surface area contributed by atoms with E-state index in [1.54, 1.807) is 0 Å². The summed E-state index contributed by atoms with van der Waals surface area (Å²) in [5, 5.41) is 0. The third-order valence-electron chi connectivity index (χ3n) is 0.852. The van der Waals surface area contributed by atoms with Gasteiger partial charge in [0.25, 0.3) is 0 Å². The predicted molar refractivity (Wildman–Crippen MR) is 46.9 cm³/mol. The van der Waals surface area contributed by atoms with Gasteiger partial charge in [0.1, 0.15) is 0 Å². The molecule has 0 aliphatic rings. The van der Waals surface area contributed by atoms with Gasteiger partial charge in [-0.2, -0.15) is 4.21 Å². The number of rotatable bonds is 6. The maximum Gasteiger partial charge on any atom is 0.304 e. The Morgan fingerprint density at radius 3 is 1.83 bits per heavy atom. The van der Waals surface area contributed by atoms with Crippen LogP contribution in [0.1, 0.15) is 12.8 Å². The first kappa shape index (κ1) is 11.2. The molecule has 0 saturated carbocycles. The average Bonchev–Trinajstić information content (AvgIpc) is 2.06. The third-order valence-corrected chi connectivity index (χ3v) is 1.57. The lowest BCUT2D eigenvalue weighted by molar-refractivity contribution is 0.258. The van der Waals surface area contributed by atoms with Crippen molar-refractivity contribution in [1.82, 2.24) is 0 Å². The second kappa shape index (κ2) is 8.29. The van der Waals surface area contributed by atoms with Crippen molar-refractivity contribution < 1.29 is 12.6 Å². The normalized spacial score (nSPS) is 9.25. The molecule has 0 amide bonds. The highest BCUT2D eigenvalue weighted by atomic mass is 32.2. The Bertz CT molecular complexity index is 189. The van der Waals surface area contributed by atoms with Crippen LogP contribution in [0.3, 0.4) is 0 Å². The summed E-state index contributed by atoms with van der Waals surface area (Å²) in [4.78, 5) is 0. The zero-order valence-electron chi connectivity index (χ0n) is 6.62. The molecule has 12 heavy (non-hydrogen) atoms. The van der Waals surface area contributed by atoms with Crippen LogP contribution in [0, 0.1) is 24.7 Å². The molecule has 0 aliphatic heterocycles. The molecule has 0 heterocycles. The molecule has 0 N–H and O–H groups in total. The van der Waals surface area contributed by atoms with Crippen molar-refractivity contribution in [1.29, 1.82) is 0 Å². The van der Waals surface area contributed by atoms with Crippen molar-refractivity contribution in [3.8, 4) is 24.7 Å². The summed E-state index contributed by atoms with van der Waals surface area (Å²) in [5.74, 6) is 4.69. The van der Waals surface area contributed by atoms with E-state index in [1.165, 1.54) is 0 Å². The van der Waals surface area contributed by atoms with Gasteiger partial charge in [-0.05, 0) is 0 Å². The average molecular weight is 186 g/mol. The maximum absolute atomic E-state index is 10.7. The number of hydrogen-bond acceptors (Lipinski definition) is 3. The van der Waals surface area contributed by atoms with Gasteiger partial charge in [-0.15, -0.1) is 24.7 Å². The zero-order valence-corrected chi connectivity index (χ0v) is 7.43. The molecular formula is C8H10O3S. The maximum atomic E-state index is 10.7. The fourth-order valence-electron chi connectivity index (χ4n) is 0.371. The summed E-state index contributed by atoms with van der Waals surface area (Å²) in [6.07, 6.45) is 10.7. The quantitative estimate of drug-likeness (QED) is 0.451. The minimum atomic E-state index is -1.71. The van der Waals surface area contributed by atoms with Crippen molar-refractivity contribution in [2.24, 2.45) is 0 Å². The Morgan fingerprint density at radius 1 is 1.08 bits per heavy atom. The largest absolute Gasteiger partial charge is 0.304 e. The molecule has 0 aliphatic carbocycles. The summed E-state index contributed by atoms with van der Waals surface area (Å²) in [7, 11) is 0. The van der Waals surface area contributed by atoms with Crippen LogP contribution < -0.4 is 0 Å². The van der Waals surface area contributed by atoms with E-state index in [-0.39, 0.29) is 13.2 Å².